The number of tetrazole rings is 1. The number of thiazole rings is 1. The van der Waals surface area contributed by atoms with Gasteiger partial charge in [0.05, 0.1) is 56.3 Å². The molecule has 6 N–H and O–H groups in total. The summed E-state index contributed by atoms with van der Waals surface area (Å²) in [5.74, 6) is 1.52. The maximum absolute atomic E-state index is 16.1. The van der Waals surface area contributed by atoms with Crippen LogP contribution in [0.25, 0.3) is 32.7 Å². The van der Waals surface area contributed by atoms with Crippen molar-refractivity contribution in [2.45, 2.75) is 35.5 Å². The number of sulfonamides is 2. The van der Waals surface area contributed by atoms with Gasteiger partial charge in [0.2, 0.25) is 20.0 Å². The SMILES string of the molecule is COc1ccc(CN(Cc2ccc(OC)cc2)S(=O)(=O)c2c(S(=O)(=O)NC(CO)CNC(=O)O)ccc(-c3cccc4sc(N)nc34)c2-c2nnnn2Cc2ccc(OC)cc2)cc1. The summed E-state index contributed by atoms with van der Waals surface area (Å²) in [4.78, 5) is 14.5. The molecule has 0 fully saturated rings. The van der Waals surface area contributed by atoms with E-state index >= 15 is 8.42 Å². The second-order valence-corrected chi connectivity index (χ2v) is 18.8. The fraction of sp³-hybridized carbons (Fsp3) is 0.214. The van der Waals surface area contributed by atoms with Crippen molar-refractivity contribution in [2.75, 3.05) is 40.2 Å². The minimum absolute atomic E-state index is 0.00316. The molecule has 0 radical (unpaired) electrons. The Morgan fingerprint density at radius 1 is 0.812 bits per heavy atom. The van der Waals surface area contributed by atoms with Gasteiger partial charge in [-0.3, -0.25) is 0 Å². The molecule has 0 aliphatic carbocycles. The molecule has 334 valence electrons. The molecule has 0 aliphatic rings. The van der Waals surface area contributed by atoms with E-state index in [0.717, 1.165) is 10.4 Å². The molecule has 22 heteroatoms. The first-order valence-electron chi connectivity index (χ1n) is 19.3. The second-order valence-electron chi connectivity index (χ2n) is 14.2. The number of carbonyl (C=O) groups is 1. The van der Waals surface area contributed by atoms with Crippen molar-refractivity contribution in [1.82, 2.24) is 39.5 Å². The fourth-order valence-electron chi connectivity index (χ4n) is 6.92. The summed E-state index contributed by atoms with van der Waals surface area (Å²) in [6.45, 7) is -1.91. The van der Waals surface area contributed by atoms with E-state index in [0.29, 0.717) is 49.7 Å². The van der Waals surface area contributed by atoms with Crippen LogP contribution < -0.4 is 30.0 Å². The number of fused-ring (bicyclic) bond motifs is 1. The average Bonchev–Trinajstić information content (AvgIpc) is 3.93. The quantitative estimate of drug-likeness (QED) is 0.0744. The number of methoxy groups -OCH3 is 3. The molecule has 7 aromatic rings. The van der Waals surface area contributed by atoms with Crippen molar-refractivity contribution in [3.8, 4) is 39.8 Å². The first-order valence-corrected chi connectivity index (χ1v) is 23.1. The number of aliphatic hydroxyl groups excluding tert-OH is 1. The summed E-state index contributed by atoms with van der Waals surface area (Å²) >= 11 is 1.21. The maximum atomic E-state index is 16.1. The summed E-state index contributed by atoms with van der Waals surface area (Å²) in [6, 6.07) is 26.9. The van der Waals surface area contributed by atoms with Gasteiger partial charge in [-0.2, -0.15) is 4.31 Å². The molecular weight excluding hydrogens is 887 g/mol. The molecule has 0 aliphatic heterocycles. The molecule has 64 heavy (non-hydrogen) atoms. The maximum Gasteiger partial charge on any atom is 0.404 e. The third-order valence-electron chi connectivity index (χ3n) is 10.1. The van der Waals surface area contributed by atoms with E-state index in [2.05, 4.69) is 30.5 Å². The Morgan fingerprint density at radius 2 is 1.39 bits per heavy atom. The summed E-state index contributed by atoms with van der Waals surface area (Å²) in [5.41, 5.74) is 8.76. The summed E-state index contributed by atoms with van der Waals surface area (Å²) in [7, 11) is -5.47. The lowest BCUT2D eigenvalue weighted by atomic mass is 9.98. The van der Waals surface area contributed by atoms with Crippen LogP contribution in [-0.2, 0) is 39.7 Å². The van der Waals surface area contributed by atoms with Gasteiger partial charge >= 0.3 is 6.09 Å². The summed E-state index contributed by atoms with van der Waals surface area (Å²) in [5, 5.41) is 34.4. The molecule has 2 heterocycles. The number of anilines is 1. The van der Waals surface area contributed by atoms with Gasteiger partial charge in [-0.25, -0.2) is 36.0 Å². The van der Waals surface area contributed by atoms with Crippen molar-refractivity contribution in [1.29, 1.82) is 0 Å². The molecule has 2 aromatic heterocycles. The lowest BCUT2D eigenvalue weighted by molar-refractivity contribution is 0.190. The lowest BCUT2D eigenvalue weighted by Crippen LogP contribution is -2.46. The normalized spacial score (nSPS) is 12.3. The Hall–Kier alpha value is -6.69. The monoisotopic (exact) mass is 929 g/mol. The topological polar surface area (TPSA) is 263 Å². The molecule has 1 unspecified atom stereocenters. The molecule has 0 bridgehead atoms. The number of para-hydroxylation sites is 1. The van der Waals surface area contributed by atoms with E-state index in [1.807, 2.05) is 0 Å². The average molecular weight is 930 g/mol. The molecule has 5 aromatic carbocycles. The van der Waals surface area contributed by atoms with E-state index in [9.17, 15) is 23.4 Å². The minimum Gasteiger partial charge on any atom is -0.497 e. The van der Waals surface area contributed by atoms with Crippen molar-refractivity contribution in [3.63, 3.8) is 0 Å². The van der Waals surface area contributed by atoms with Gasteiger partial charge in [0.1, 0.15) is 27.0 Å². The number of nitrogen functional groups attached to an aromatic ring is 1. The van der Waals surface area contributed by atoms with E-state index in [-0.39, 0.29) is 41.7 Å². The Morgan fingerprint density at radius 3 is 1.94 bits per heavy atom. The van der Waals surface area contributed by atoms with Gasteiger partial charge in [-0.1, -0.05) is 65.9 Å². The number of benzene rings is 5. The highest BCUT2D eigenvalue weighted by molar-refractivity contribution is 7.92. The van der Waals surface area contributed by atoms with E-state index in [1.54, 1.807) is 91.0 Å². The molecule has 19 nitrogen and oxygen atoms in total. The highest BCUT2D eigenvalue weighted by Crippen LogP contribution is 2.44. The van der Waals surface area contributed by atoms with Crippen molar-refractivity contribution in [3.05, 3.63) is 120 Å². The smallest absolute Gasteiger partial charge is 0.404 e. The van der Waals surface area contributed by atoms with Gasteiger partial charge in [-0.05, 0) is 81.2 Å². The van der Waals surface area contributed by atoms with Crippen LogP contribution in [0, 0.1) is 0 Å². The minimum atomic E-state index is -5.03. The van der Waals surface area contributed by atoms with E-state index in [1.165, 1.54) is 43.4 Å². The number of nitrogens with one attached hydrogen (secondary N) is 2. The van der Waals surface area contributed by atoms with Crippen LogP contribution in [0.1, 0.15) is 16.7 Å². The third-order valence-corrected chi connectivity index (χ3v) is 14.5. The lowest BCUT2D eigenvalue weighted by Gasteiger charge is -2.27. The number of nitrogens with two attached hydrogens (primary N) is 1. The summed E-state index contributed by atoms with van der Waals surface area (Å²) < 4.78 is 83.2. The van der Waals surface area contributed by atoms with Gasteiger partial charge in [-0.15, -0.1) is 5.10 Å². The highest BCUT2D eigenvalue weighted by Gasteiger charge is 2.39. The number of rotatable bonds is 19. The zero-order chi connectivity index (χ0) is 45.6. The molecule has 0 saturated carbocycles. The molecule has 0 saturated heterocycles. The van der Waals surface area contributed by atoms with Crippen LogP contribution in [0.3, 0.4) is 0 Å². The summed E-state index contributed by atoms with van der Waals surface area (Å²) in [6.07, 6.45) is -1.47. The number of nitrogens with zero attached hydrogens (tertiary/aromatic N) is 6. The van der Waals surface area contributed by atoms with Crippen LogP contribution in [0.4, 0.5) is 9.93 Å². The van der Waals surface area contributed by atoms with Crippen molar-refractivity contribution < 1.29 is 46.1 Å². The first kappa shape index (κ1) is 45.3. The third kappa shape index (κ3) is 9.91. The number of amides is 1. The standard InChI is InChI=1S/C42H43N9O10S3/c1-59-30-13-7-26(8-14-30)22-50(23-27-9-15-31(60-2)16-10-27)64(57,58)39-36(63(55,56)47-29(25-52)21-44-42(53)54)20-19-33(34-5-4-6-35-38(34)45-41(43)62-35)37(39)40-46-48-49-51(40)24-28-11-17-32(61-3)18-12-28/h4-20,29,44,47,52H,21-25H2,1-3H3,(H2,43,45)(H,53,54). The van der Waals surface area contributed by atoms with Gasteiger partial charge in [0.15, 0.2) is 11.0 Å². The molecule has 7 rings (SSSR count). The highest BCUT2D eigenvalue weighted by atomic mass is 32.2. The largest absolute Gasteiger partial charge is 0.497 e. The van der Waals surface area contributed by atoms with E-state index in [4.69, 9.17) is 19.9 Å². The first-order chi connectivity index (χ1) is 30.7. The zero-order valence-electron chi connectivity index (χ0n) is 34.6. The van der Waals surface area contributed by atoms with Gasteiger partial charge in [0, 0.05) is 25.2 Å². The number of carboxylic acid groups (broad SMARTS) is 1. The van der Waals surface area contributed by atoms with Crippen LogP contribution in [0.2, 0.25) is 0 Å². The van der Waals surface area contributed by atoms with E-state index < -0.39 is 55.1 Å². The number of aromatic nitrogens is 5. The van der Waals surface area contributed by atoms with Crippen LogP contribution in [0.15, 0.2) is 113 Å². The Labute approximate surface area is 372 Å². The van der Waals surface area contributed by atoms with Crippen molar-refractivity contribution >= 4 is 52.8 Å². The predicted octanol–water partition coefficient (Wildman–Crippen LogP) is 4.57. The molecular formula is C42H43N9O10S3. The van der Waals surface area contributed by atoms with Crippen LogP contribution >= 0.6 is 11.3 Å². The number of hydrogen-bond acceptors (Lipinski definition) is 15. The van der Waals surface area contributed by atoms with Gasteiger partial charge in [0.25, 0.3) is 0 Å². The Kier molecular flexibility index (Phi) is 13.7. The number of hydrogen-bond donors (Lipinski definition) is 5. The fourth-order valence-corrected chi connectivity index (χ4v) is 11.3. The number of ether oxygens (including phenoxy) is 3. The number of aliphatic hydroxyl groups is 1. The van der Waals surface area contributed by atoms with Crippen LogP contribution in [0.5, 0.6) is 17.2 Å². The second kappa shape index (κ2) is 19.4. The molecule has 1 amide bonds. The van der Waals surface area contributed by atoms with Crippen molar-refractivity contribution in [2.24, 2.45) is 0 Å². The van der Waals surface area contributed by atoms with Gasteiger partial charge < -0.3 is 35.5 Å². The Balaban J connectivity index is 1.54. The Bertz CT molecular complexity index is 2930. The molecule has 0 spiro atoms. The predicted molar refractivity (Wildman–Crippen MR) is 238 cm³/mol. The molecule has 1 atom stereocenters. The zero-order valence-corrected chi connectivity index (χ0v) is 37.0. The van der Waals surface area contributed by atoms with Crippen LogP contribution in [-0.4, -0.2) is 103 Å².